The van der Waals surface area contributed by atoms with E-state index in [4.69, 9.17) is 0 Å². The Morgan fingerprint density at radius 2 is 2.17 bits per heavy atom. The molecule has 96 valence electrons. The van der Waals surface area contributed by atoms with E-state index in [0.29, 0.717) is 0 Å². The first-order valence-corrected chi connectivity index (χ1v) is 6.36. The fraction of sp³-hybridized carbons (Fsp3) is 0.400. The van der Waals surface area contributed by atoms with E-state index in [2.05, 4.69) is 72.0 Å². The zero-order valence-corrected chi connectivity index (χ0v) is 11.4. The molecule has 0 amide bonds. The van der Waals surface area contributed by atoms with Crippen LogP contribution in [0.15, 0.2) is 48.3 Å². The van der Waals surface area contributed by atoms with E-state index in [1.54, 1.807) is 0 Å². The first-order valence-electron chi connectivity index (χ1n) is 6.36. The lowest BCUT2D eigenvalue weighted by molar-refractivity contribution is 0.380. The van der Waals surface area contributed by atoms with Crippen molar-refractivity contribution in [3.05, 3.63) is 54.2 Å². The predicted octanol–water partition coefficient (Wildman–Crippen LogP) is 2.60. The summed E-state index contributed by atoms with van der Waals surface area (Å²) in [5.74, 6) is 1.39. The van der Waals surface area contributed by atoms with Crippen molar-refractivity contribution in [3.8, 4) is 0 Å². The third kappa shape index (κ3) is 3.20. The number of likely N-dealkylation sites (N-methyl/N-ethyl adjacent to an activating group) is 1. The van der Waals surface area contributed by atoms with Gasteiger partial charge in [0.1, 0.15) is 5.82 Å². The normalized spacial score (nSPS) is 19.1. The molecule has 2 rings (SSSR count). The van der Waals surface area contributed by atoms with E-state index in [1.165, 1.54) is 5.57 Å². The van der Waals surface area contributed by atoms with Crippen molar-refractivity contribution in [1.82, 2.24) is 14.5 Å². The Hall–Kier alpha value is -1.61. The van der Waals surface area contributed by atoms with Gasteiger partial charge in [-0.1, -0.05) is 36.0 Å². The van der Waals surface area contributed by atoms with E-state index >= 15 is 0 Å². The van der Waals surface area contributed by atoms with Crippen LogP contribution in [0, 0.1) is 0 Å². The van der Waals surface area contributed by atoms with Crippen LogP contribution in [0.5, 0.6) is 0 Å². The molecule has 1 aliphatic rings. The molecule has 1 aromatic heterocycles. The molecule has 3 heteroatoms. The van der Waals surface area contributed by atoms with Gasteiger partial charge >= 0.3 is 0 Å². The Labute approximate surface area is 109 Å². The summed E-state index contributed by atoms with van der Waals surface area (Å²) >= 11 is 0. The molecule has 1 aliphatic carbocycles. The van der Waals surface area contributed by atoms with Crippen LogP contribution in [-0.2, 0) is 6.54 Å². The van der Waals surface area contributed by atoms with Gasteiger partial charge in [0, 0.05) is 25.5 Å². The smallest absolute Gasteiger partial charge is 0.119 e. The number of aromatic nitrogens is 2. The van der Waals surface area contributed by atoms with Gasteiger partial charge in [0.2, 0.25) is 0 Å². The molecule has 0 saturated carbocycles. The third-order valence-electron chi connectivity index (χ3n) is 3.08. The minimum Gasteiger partial charge on any atom is -0.333 e. The molecule has 1 atom stereocenters. The van der Waals surface area contributed by atoms with E-state index in [1.807, 2.05) is 6.20 Å². The first-order chi connectivity index (χ1) is 8.66. The van der Waals surface area contributed by atoms with Crippen molar-refractivity contribution >= 4 is 0 Å². The largest absolute Gasteiger partial charge is 0.333 e. The fourth-order valence-electron chi connectivity index (χ4n) is 1.99. The predicted molar refractivity (Wildman–Crippen MR) is 75.6 cm³/mol. The topological polar surface area (TPSA) is 21.1 Å². The standard InChI is InChI=1S/C15H21N3/c1-13-5-4-6-14(8-7-13)15-16-9-10-18(15)12-11-17(2)3/h4-10,14H,11-12H2,1-3H3. The monoisotopic (exact) mass is 243 g/mol. The first kappa shape index (κ1) is 12.8. The van der Waals surface area contributed by atoms with Crippen molar-refractivity contribution in [2.75, 3.05) is 20.6 Å². The Morgan fingerprint density at radius 3 is 2.94 bits per heavy atom. The summed E-state index contributed by atoms with van der Waals surface area (Å²) in [4.78, 5) is 6.69. The van der Waals surface area contributed by atoms with Crippen LogP contribution < -0.4 is 0 Å². The second kappa shape index (κ2) is 5.83. The number of imidazole rings is 1. The number of allylic oxidation sites excluding steroid dienone is 6. The van der Waals surface area contributed by atoms with Crippen molar-refractivity contribution < 1.29 is 0 Å². The molecule has 1 heterocycles. The van der Waals surface area contributed by atoms with E-state index in [-0.39, 0.29) is 5.92 Å². The molecule has 0 aromatic carbocycles. The highest BCUT2D eigenvalue weighted by atomic mass is 15.1. The van der Waals surface area contributed by atoms with Gasteiger partial charge in [-0.2, -0.15) is 0 Å². The van der Waals surface area contributed by atoms with Crippen LogP contribution >= 0.6 is 0 Å². The molecule has 0 radical (unpaired) electrons. The number of hydrogen-bond acceptors (Lipinski definition) is 2. The summed E-state index contributed by atoms with van der Waals surface area (Å²) in [6.07, 6.45) is 14.8. The SMILES string of the molecule is CC1=CC=CC(c2nccn2CCN(C)C)C=C1. The van der Waals surface area contributed by atoms with E-state index in [9.17, 15) is 0 Å². The lowest BCUT2D eigenvalue weighted by Gasteiger charge is -2.14. The Kier molecular flexibility index (Phi) is 4.15. The minimum atomic E-state index is 0.274. The van der Waals surface area contributed by atoms with Crippen molar-refractivity contribution in [3.63, 3.8) is 0 Å². The van der Waals surface area contributed by atoms with Crippen LogP contribution in [0.4, 0.5) is 0 Å². The van der Waals surface area contributed by atoms with Gasteiger partial charge in [0.15, 0.2) is 0 Å². The molecular formula is C15H21N3. The fourth-order valence-corrected chi connectivity index (χ4v) is 1.99. The summed E-state index contributed by atoms with van der Waals surface area (Å²) in [5, 5.41) is 0. The van der Waals surface area contributed by atoms with E-state index in [0.717, 1.165) is 18.9 Å². The van der Waals surface area contributed by atoms with Crippen LogP contribution in [0.3, 0.4) is 0 Å². The molecule has 0 fully saturated rings. The van der Waals surface area contributed by atoms with Gasteiger partial charge in [-0.3, -0.25) is 0 Å². The second-order valence-electron chi connectivity index (χ2n) is 4.96. The maximum atomic E-state index is 4.50. The van der Waals surface area contributed by atoms with Crippen LogP contribution in [0.1, 0.15) is 18.7 Å². The summed E-state index contributed by atoms with van der Waals surface area (Å²) in [6, 6.07) is 0. The summed E-state index contributed by atoms with van der Waals surface area (Å²) in [6.45, 7) is 4.12. The maximum Gasteiger partial charge on any atom is 0.119 e. The Bertz CT molecular complexity index is 478. The molecule has 0 spiro atoms. The molecule has 18 heavy (non-hydrogen) atoms. The average Bonchev–Trinajstić information content (AvgIpc) is 2.69. The molecular weight excluding hydrogens is 222 g/mol. The van der Waals surface area contributed by atoms with Gasteiger partial charge in [-0.15, -0.1) is 0 Å². The third-order valence-corrected chi connectivity index (χ3v) is 3.08. The highest BCUT2D eigenvalue weighted by molar-refractivity contribution is 5.32. The summed E-state index contributed by atoms with van der Waals surface area (Å²) < 4.78 is 2.24. The lowest BCUT2D eigenvalue weighted by atomic mass is 10.1. The maximum absolute atomic E-state index is 4.50. The zero-order valence-electron chi connectivity index (χ0n) is 11.4. The minimum absolute atomic E-state index is 0.274. The highest BCUT2D eigenvalue weighted by Crippen LogP contribution is 2.20. The van der Waals surface area contributed by atoms with Crippen molar-refractivity contribution in [2.45, 2.75) is 19.4 Å². The molecule has 0 aliphatic heterocycles. The molecule has 0 saturated heterocycles. The van der Waals surface area contributed by atoms with Crippen LogP contribution in [-0.4, -0.2) is 35.1 Å². The van der Waals surface area contributed by atoms with Gasteiger partial charge in [-0.25, -0.2) is 4.98 Å². The summed E-state index contributed by atoms with van der Waals surface area (Å²) in [7, 11) is 4.19. The Morgan fingerprint density at radius 1 is 1.33 bits per heavy atom. The number of hydrogen-bond donors (Lipinski definition) is 0. The average molecular weight is 243 g/mol. The van der Waals surface area contributed by atoms with Gasteiger partial charge < -0.3 is 9.47 Å². The van der Waals surface area contributed by atoms with Crippen molar-refractivity contribution in [1.29, 1.82) is 0 Å². The summed E-state index contributed by atoms with van der Waals surface area (Å²) in [5.41, 5.74) is 1.28. The quantitative estimate of drug-likeness (QED) is 0.810. The highest BCUT2D eigenvalue weighted by Gasteiger charge is 2.12. The van der Waals surface area contributed by atoms with E-state index < -0.39 is 0 Å². The van der Waals surface area contributed by atoms with Gasteiger partial charge in [-0.05, 0) is 21.0 Å². The zero-order chi connectivity index (χ0) is 13.0. The van der Waals surface area contributed by atoms with Gasteiger partial charge in [0.05, 0.1) is 5.92 Å². The molecule has 1 aromatic rings. The van der Waals surface area contributed by atoms with Crippen molar-refractivity contribution in [2.24, 2.45) is 0 Å². The molecule has 1 unspecified atom stereocenters. The number of nitrogens with zero attached hydrogens (tertiary/aromatic N) is 3. The Balaban J connectivity index is 2.14. The van der Waals surface area contributed by atoms with Crippen LogP contribution in [0.25, 0.3) is 0 Å². The van der Waals surface area contributed by atoms with Crippen LogP contribution in [0.2, 0.25) is 0 Å². The lowest BCUT2D eigenvalue weighted by Crippen LogP contribution is -2.19. The second-order valence-corrected chi connectivity index (χ2v) is 4.96. The van der Waals surface area contributed by atoms with Gasteiger partial charge in [0.25, 0.3) is 0 Å². The molecule has 3 nitrogen and oxygen atoms in total. The molecule has 0 N–H and O–H groups in total. The molecule has 0 bridgehead atoms. The number of rotatable bonds is 4.